The third-order valence-electron chi connectivity index (χ3n) is 3.19. The molecule has 0 aromatic heterocycles. The Labute approximate surface area is 125 Å². The average molecular weight is 316 g/mol. The van der Waals surface area contributed by atoms with E-state index >= 15 is 0 Å². The highest BCUT2D eigenvalue weighted by Crippen LogP contribution is 2.22. The van der Waals surface area contributed by atoms with Crippen molar-refractivity contribution < 1.29 is 19.1 Å². The highest BCUT2D eigenvalue weighted by atomic mass is 35.5. The number of nitrogens with one attached hydrogen (secondary N) is 2. The summed E-state index contributed by atoms with van der Waals surface area (Å²) >= 11 is 5.82. The van der Waals surface area contributed by atoms with Crippen LogP contribution in [0.3, 0.4) is 0 Å². The summed E-state index contributed by atoms with van der Waals surface area (Å²) in [6, 6.07) is 2.91. The minimum Gasteiger partial charge on any atom is -0.480 e. The topological polar surface area (TPSA) is 81.7 Å². The van der Waals surface area contributed by atoms with Crippen LogP contribution in [0.2, 0.25) is 5.02 Å². The quantitative estimate of drug-likeness (QED) is 0.765. The van der Waals surface area contributed by atoms with Gasteiger partial charge in [0, 0.05) is 19.6 Å². The molecule has 1 amide bonds. The van der Waals surface area contributed by atoms with E-state index in [1.165, 1.54) is 12.1 Å². The second-order valence-electron chi connectivity index (χ2n) is 4.70. The lowest BCUT2D eigenvalue weighted by Crippen LogP contribution is -2.56. The number of rotatable bonds is 4. The molecule has 0 saturated carbocycles. The zero-order chi connectivity index (χ0) is 15.4. The van der Waals surface area contributed by atoms with Crippen LogP contribution in [0.5, 0.6) is 0 Å². The van der Waals surface area contributed by atoms with Gasteiger partial charge in [-0.25, -0.2) is 4.39 Å². The van der Waals surface area contributed by atoms with Gasteiger partial charge in [-0.05, 0) is 18.2 Å². The summed E-state index contributed by atoms with van der Waals surface area (Å²) in [5, 5.41) is 14.7. The van der Waals surface area contributed by atoms with Gasteiger partial charge in [-0.3, -0.25) is 14.5 Å². The Balaban J connectivity index is 1.98. The monoisotopic (exact) mass is 315 g/mol. The Morgan fingerprint density at radius 1 is 1.52 bits per heavy atom. The molecule has 0 aliphatic carbocycles. The fourth-order valence-electron chi connectivity index (χ4n) is 2.14. The first-order chi connectivity index (χ1) is 9.97. The number of carbonyl (C=O) groups is 2. The molecule has 1 heterocycles. The average Bonchev–Trinajstić information content (AvgIpc) is 2.42. The number of hydrogen-bond acceptors (Lipinski definition) is 4. The minimum absolute atomic E-state index is 0.0631. The molecule has 0 bridgehead atoms. The van der Waals surface area contributed by atoms with Crippen molar-refractivity contribution in [1.29, 1.82) is 0 Å². The van der Waals surface area contributed by atoms with Gasteiger partial charge in [0.2, 0.25) is 5.91 Å². The summed E-state index contributed by atoms with van der Waals surface area (Å²) in [6.07, 6.45) is 0. The SMILES string of the molecule is O=C(CN1CCNCC1C(=O)O)Nc1ccc(F)cc1Cl. The molecule has 1 fully saturated rings. The van der Waals surface area contributed by atoms with E-state index < -0.39 is 23.7 Å². The zero-order valence-electron chi connectivity index (χ0n) is 11.1. The lowest BCUT2D eigenvalue weighted by molar-refractivity contribution is -0.144. The van der Waals surface area contributed by atoms with Crippen molar-refractivity contribution in [3.05, 3.63) is 29.0 Å². The number of nitrogens with zero attached hydrogens (tertiary/aromatic N) is 1. The van der Waals surface area contributed by atoms with Gasteiger partial charge in [-0.2, -0.15) is 0 Å². The molecule has 1 aliphatic heterocycles. The second kappa shape index (κ2) is 6.84. The standard InChI is InChI=1S/C13H15ClFN3O3/c14-9-5-8(15)1-2-10(9)17-12(19)7-18-4-3-16-6-11(18)13(20)21/h1-2,5,11,16H,3-4,6-7H2,(H,17,19)(H,20,21). The van der Waals surface area contributed by atoms with Crippen molar-refractivity contribution in [2.45, 2.75) is 6.04 Å². The van der Waals surface area contributed by atoms with Crippen LogP contribution in [0.15, 0.2) is 18.2 Å². The molecular formula is C13H15ClFN3O3. The second-order valence-corrected chi connectivity index (χ2v) is 5.11. The Morgan fingerprint density at radius 3 is 2.95 bits per heavy atom. The summed E-state index contributed by atoms with van der Waals surface area (Å²) in [6.45, 7) is 1.31. The van der Waals surface area contributed by atoms with E-state index in [2.05, 4.69) is 10.6 Å². The first kappa shape index (κ1) is 15.7. The predicted molar refractivity (Wildman–Crippen MR) is 75.9 cm³/mol. The third kappa shape index (κ3) is 4.13. The van der Waals surface area contributed by atoms with E-state index in [1.54, 1.807) is 4.90 Å². The molecule has 6 nitrogen and oxygen atoms in total. The molecule has 1 atom stereocenters. The van der Waals surface area contributed by atoms with Crippen molar-refractivity contribution in [3.63, 3.8) is 0 Å². The Hall–Kier alpha value is -1.70. The van der Waals surface area contributed by atoms with Crippen molar-refractivity contribution in [1.82, 2.24) is 10.2 Å². The Kier molecular flexibility index (Phi) is 5.11. The largest absolute Gasteiger partial charge is 0.480 e. The van der Waals surface area contributed by atoms with Crippen LogP contribution in [0.25, 0.3) is 0 Å². The van der Waals surface area contributed by atoms with Crippen molar-refractivity contribution in [2.24, 2.45) is 0 Å². The predicted octanol–water partition coefficient (Wildman–Crippen LogP) is 0.776. The Bertz CT molecular complexity index is 555. The molecule has 3 N–H and O–H groups in total. The van der Waals surface area contributed by atoms with Gasteiger partial charge in [-0.15, -0.1) is 0 Å². The fourth-order valence-corrected chi connectivity index (χ4v) is 2.36. The van der Waals surface area contributed by atoms with Crippen LogP contribution in [-0.4, -0.2) is 54.1 Å². The summed E-state index contributed by atoms with van der Waals surface area (Å²) in [5.41, 5.74) is 0.296. The first-order valence-corrected chi connectivity index (χ1v) is 6.77. The van der Waals surface area contributed by atoms with E-state index in [0.29, 0.717) is 25.3 Å². The van der Waals surface area contributed by atoms with Crippen molar-refractivity contribution in [2.75, 3.05) is 31.5 Å². The highest BCUT2D eigenvalue weighted by Gasteiger charge is 2.29. The normalized spacial score (nSPS) is 19.2. The number of aliphatic carboxylic acids is 1. The number of carboxylic acid groups (broad SMARTS) is 1. The van der Waals surface area contributed by atoms with E-state index in [1.807, 2.05) is 0 Å². The van der Waals surface area contributed by atoms with Gasteiger partial charge in [0.25, 0.3) is 0 Å². The van der Waals surface area contributed by atoms with Crippen LogP contribution >= 0.6 is 11.6 Å². The molecule has 114 valence electrons. The number of carbonyl (C=O) groups excluding carboxylic acids is 1. The van der Waals surface area contributed by atoms with Crippen LogP contribution in [0.1, 0.15) is 0 Å². The number of amides is 1. The maximum absolute atomic E-state index is 12.9. The van der Waals surface area contributed by atoms with E-state index in [-0.39, 0.29) is 11.6 Å². The van der Waals surface area contributed by atoms with Gasteiger partial charge in [-0.1, -0.05) is 11.6 Å². The van der Waals surface area contributed by atoms with Crippen molar-refractivity contribution >= 4 is 29.2 Å². The van der Waals surface area contributed by atoms with E-state index in [4.69, 9.17) is 16.7 Å². The minimum atomic E-state index is -0.977. The fraction of sp³-hybridized carbons (Fsp3) is 0.385. The molecule has 1 aromatic rings. The summed E-state index contributed by atoms with van der Waals surface area (Å²) in [5.74, 6) is -1.86. The molecule has 0 radical (unpaired) electrons. The van der Waals surface area contributed by atoms with Gasteiger partial charge < -0.3 is 15.7 Å². The smallest absolute Gasteiger partial charge is 0.322 e. The number of halogens is 2. The van der Waals surface area contributed by atoms with Crippen LogP contribution < -0.4 is 10.6 Å². The first-order valence-electron chi connectivity index (χ1n) is 6.40. The Morgan fingerprint density at radius 2 is 2.29 bits per heavy atom. The molecule has 0 spiro atoms. The van der Waals surface area contributed by atoms with Crippen LogP contribution in [0.4, 0.5) is 10.1 Å². The molecule has 1 saturated heterocycles. The molecule has 8 heteroatoms. The van der Waals surface area contributed by atoms with E-state index in [9.17, 15) is 14.0 Å². The number of benzene rings is 1. The molecule has 1 aromatic carbocycles. The third-order valence-corrected chi connectivity index (χ3v) is 3.50. The summed E-state index contributed by atoms with van der Waals surface area (Å²) in [4.78, 5) is 24.7. The van der Waals surface area contributed by atoms with Gasteiger partial charge in [0.05, 0.1) is 17.3 Å². The van der Waals surface area contributed by atoms with Crippen LogP contribution in [-0.2, 0) is 9.59 Å². The molecule has 1 aliphatic rings. The maximum atomic E-state index is 12.9. The molecule has 1 unspecified atom stereocenters. The highest BCUT2D eigenvalue weighted by molar-refractivity contribution is 6.33. The number of anilines is 1. The van der Waals surface area contributed by atoms with Gasteiger partial charge in [0.15, 0.2) is 0 Å². The van der Waals surface area contributed by atoms with E-state index in [0.717, 1.165) is 6.07 Å². The lowest BCUT2D eigenvalue weighted by atomic mass is 10.2. The van der Waals surface area contributed by atoms with Crippen molar-refractivity contribution in [3.8, 4) is 0 Å². The number of hydrogen-bond donors (Lipinski definition) is 3. The van der Waals surface area contributed by atoms with Crippen LogP contribution in [0, 0.1) is 5.82 Å². The molecule has 21 heavy (non-hydrogen) atoms. The van der Waals surface area contributed by atoms with Gasteiger partial charge in [0.1, 0.15) is 11.9 Å². The summed E-state index contributed by atoms with van der Waals surface area (Å²) < 4.78 is 12.9. The number of piperazine rings is 1. The molecular weight excluding hydrogens is 301 g/mol. The maximum Gasteiger partial charge on any atom is 0.322 e. The molecule has 2 rings (SSSR count). The van der Waals surface area contributed by atoms with Gasteiger partial charge >= 0.3 is 5.97 Å². The summed E-state index contributed by atoms with van der Waals surface area (Å²) in [7, 11) is 0. The zero-order valence-corrected chi connectivity index (χ0v) is 11.9. The lowest BCUT2D eigenvalue weighted by Gasteiger charge is -2.32. The number of carboxylic acids is 1.